The summed E-state index contributed by atoms with van der Waals surface area (Å²) in [6.07, 6.45) is 4.91. The highest BCUT2D eigenvalue weighted by Crippen LogP contribution is 2.41. The van der Waals surface area contributed by atoms with Crippen LogP contribution in [-0.2, 0) is 0 Å². The van der Waals surface area contributed by atoms with Crippen LogP contribution in [-0.4, -0.2) is 23.1 Å². The highest BCUT2D eigenvalue weighted by molar-refractivity contribution is 8.00. The molecular formula is C13H23NS. The van der Waals surface area contributed by atoms with Crippen LogP contribution < -0.4 is 5.32 Å². The Hall–Kier alpha value is -0.130. The fourth-order valence-corrected chi connectivity index (χ4v) is 3.51. The van der Waals surface area contributed by atoms with Gasteiger partial charge < -0.3 is 5.32 Å². The molecule has 2 heteroatoms. The van der Waals surface area contributed by atoms with Crippen molar-refractivity contribution >= 4 is 11.8 Å². The Morgan fingerprint density at radius 3 is 2.87 bits per heavy atom. The normalized spacial score (nSPS) is 27.1. The molecule has 0 saturated carbocycles. The van der Waals surface area contributed by atoms with Crippen molar-refractivity contribution in [3.8, 4) is 11.8 Å². The monoisotopic (exact) mass is 225 g/mol. The molecule has 1 fully saturated rings. The van der Waals surface area contributed by atoms with Gasteiger partial charge in [-0.25, -0.2) is 0 Å². The number of rotatable bonds is 5. The maximum atomic E-state index is 3.66. The second kappa shape index (κ2) is 6.45. The molecule has 1 aliphatic heterocycles. The Morgan fingerprint density at radius 1 is 1.53 bits per heavy atom. The molecule has 1 nitrogen and oxygen atoms in total. The number of thioether (sulfide) groups is 1. The maximum absolute atomic E-state index is 3.66. The van der Waals surface area contributed by atoms with Gasteiger partial charge in [-0.1, -0.05) is 6.92 Å². The topological polar surface area (TPSA) is 12.0 Å². The molecule has 0 radical (unpaired) electrons. The lowest BCUT2D eigenvalue weighted by Gasteiger charge is -2.33. The smallest absolute Gasteiger partial charge is 0.0321 e. The molecule has 0 aromatic rings. The van der Waals surface area contributed by atoms with Gasteiger partial charge in [0.05, 0.1) is 0 Å². The van der Waals surface area contributed by atoms with Gasteiger partial charge in [-0.05, 0) is 45.4 Å². The van der Waals surface area contributed by atoms with Gasteiger partial charge in [-0.3, -0.25) is 0 Å². The number of nitrogens with one attached hydrogen (secondary N) is 1. The van der Waals surface area contributed by atoms with Crippen LogP contribution in [0.2, 0.25) is 0 Å². The van der Waals surface area contributed by atoms with Crippen LogP contribution >= 0.6 is 11.8 Å². The summed E-state index contributed by atoms with van der Waals surface area (Å²) in [5, 5.41) is 3.66. The van der Waals surface area contributed by atoms with Crippen LogP contribution in [0.4, 0.5) is 0 Å². The van der Waals surface area contributed by atoms with E-state index in [9.17, 15) is 0 Å². The first kappa shape index (κ1) is 12.9. The summed E-state index contributed by atoms with van der Waals surface area (Å²) >= 11 is 2.12. The summed E-state index contributed by atoms with van der Waals surface area (Å²) in [5.74, 6) is 7.57. The van der Waals surface area contributed by atoms with Crippen molar-refractivity contribution in [1.29, 1.82) is 0 Å². The molecule has 15 heavy (non-hydrogen) atoms. The molecule has 0 aliphatic carbocycles. The predicted molar refractivity (Wildman–Crippen MR) is 70.2 cm³/mol. The van der Waals surface area contributed by atoms with Crippen LogP contribution in [0, 0.1) is 11.8 Å². The third kappa shape index (κ3) is 3.74. The third-order valence-electron chi connectivity index (χ3n) is 3.11. The summed E-state index contributed by atoms with van der Waals surface area (Å²) in [5.41, 5.74) is 0. The SMILES string of the molecule is CC#CCC(NCCC)C1(C)CCCS1. The highest BCUT2D eigenvalue weighted by Gasteiger charge is 2.36. The van der Waals surface area contributed by atoms with Crippen LogP contribution in [0.15, 0.2) is 0 Å². The van der Waals surface area contributed by atoms with E-state index in [0.29, 0.717) is 10.8 Å². The lowest BCUT2D eigenvalue weighted by molar-refractivity contribution is 0.407. The molecule has 0 spiro atoms. The highest BCUT2D eigenvalue weighted by atomic mass is 32.2. The van der Waals surface area contributed by atoms with Gasteiger partial charge in [0.25, 0.3) is 0 Å². The van der Waals surface area contributed by atoms with Crippen molar-refractivity contribution < 1.29 is 0 Å². The van der Waals surface area contributed by atoms with Gasteiger partial charge in [0.15, 0.2) is 0 Å². The molecule has 1 aliphatic rings. The number of hydrogen-bond donors (Lipinski definition) is 1. The van der Waals surface area contributed by atoms with Crippen LogP contribution in [0.3, 0.4) is 0 Å². The van der Waals surface area contributed by atoms with Crippen molar-refractivity contribution in [1.82, 2.24) is 5.32 Å². The largest absolute Gasteiger partial charge is 0.312 e. The van der Waals surface area contributed by atoms with E-state index in [2.05, 4.69) is 42.8 Å². The minimum absolute atomic E-state index is 0.416. The molecule has 2 atom stereocenters. The summed E-state index contributed by atoms with van der Waals surface area (Å²) in [6, 6.07) is 0.567. The van der Waals surface area contributed by atoms with Gasteiger partial charge in [0.2, 0.25) is 0 Å². The first-order chi connectivity index (χ1) is 7.23. The Kier molecular flexibility index (Phi) is 5.56. The van der Waals surface area contributed by atoms with E-state index in [1.165, 1.54) is 25.0 Å². The minimum Gasteiger partial charge on any atom is -0.312 e. The summed E-state index contributed by atoms with van der Waals surface area (Å²) in [4.78, 5) is 0. The quantitative estimate of drug-likeness (QED) is 0.722. The third-order valence-corrected chi connectivity index (χ3v) is 4.75. The lowest BCUT2D eigenvalue weighted by Crippen LogP contribution is -2.45. The minimum atomic E-state index is 0.416. The van der Waals surface area contributed by atoms with E-state index in [0.717, 1.165) is 13.0 Å². The molecule has 0 bridgehead atoms. The summed E-state index contributed by atoms with van der Waals surface area (Å²) in [6.45, 7) is 7.67. The molecule has 1 saturated heterocycles. The Balaban J connectivity index is 2.55. The zero-order valence-electron chi connectivity index (χ0n) is 10.2. The summed E-state index contributed by atoms with van der Waals surface area (Å²) < 4.78 is 0.416. The zero-order chi connectivity index (χ0) is 11.1. The second-order valence-electron chi connectivity index (χ2n) is 4.40. The van der Waals surface area contributed by atoms with Crippen molar-refractivity contribution in [2.75, 3.05) is 12.3 Å². The van der Waals surface area contributed by atoms with Crippen molar-refractivity contribution in [2.24, 2.45) is 0 Å². The molecular weight excluding hydrogens is 202 g/mol. The molecule has 86 valence electrons. The zero-order valence-corrected chi connectivity index (χ0v) is 11.0. The van der Waals surface area contributed by atoms with E-state index in [4.69, 9.17) is 0 Å². The maximum Gasteiger partial charge on any atom is 0.0321 e. The van der Waals surface area contributed by atoms with Gasteiger partial charge >= 0.3 is 0 Å². The van der Waals surface area contributed by atoms with Crippen molar-refractivity contribution in [3.63, 3.8) is 0 Å². The fraction of sp³-hybridized carbons (Fsp3) is 0.846. The number of hydrogen-bond acceptors (Lipinski definition) is 2. The first-order valence-electron chi connectivity index (χ1n) is 6.00. The molecule has 0 amide bonds. The van der Waals surface area contributed by atoms with E-state index >= 15 is 0 Å². The van der Waals surface area contributed by atoms with E-state index < -0.39 is 0 Å². The molecule has 1 heterocycles. The van der Waals surface area contributed by atoms with Crippen molar-refractivity contribution in [3.05, 3.63) is 0 Å². The lowest BCUT2D eigenvalue weighted by atomic mass is 9.93. The summed E-state index contributed by atoms with van der Waals surface area (Å²) in [7, 11) is 0. The van der Waals surface area contributed by atoms with Gasteiger partial charge in [0.1, 0.15) is 0 Å². The molecule has 2 unspecified atom stereocenters. The molecule has 0 aromatic carbocycles. The Labute approximate surface area is 98.8 Å². The van der Waals surface area contributed by atoms with Crippen LogP contribution in [0.25, 0.3) is 0 Å². The van der Waals surface area contributed by atoms with Crippen LogP contribution in [0.1, 0.15) is 46.5 Å². The average Bonchev–Trinajstić information content (AvgIpc) is 2.66. The first-order valence-corrected chi connectivity index (χ1v) is 6.98. The predicted octanol–water partition coefficient (Wildman–Crippen LogP) is 3.05. The van der Waals surface area contributed by atoms with Gasteiger partial charge in [-0.15, -0.1) is 11.8 Å². The second-order valence-corrected chi connectivity index (χ2v) is 6.03. The Morgan fingerprint density at radius 2 is 2.33 bits per heavy atom. The van der Waals surface area contributed by atoms with Gasteiger partial charge in [-0.2, -0.15) is 11.8 Å². The fourth-order valence-electron chi connectivity index (χ4n) is 2.10. The van der Waals surface area contributed by atoms with Crippen LogP contribution in [0.5, 0.6) is 0 Å². The average molecular weight is 225 g/mol. The Bertz CT molecular complexity index is 233. The molecule has 0 aromatic heterocycles. The van der Waals surface area contributed by atoms with E-state index in [1.54, 1.807) is 0 Å². The standard InChI is InChI=1S/C13H23NS/c1-4-6-8-12(14-10-5-2)13(3)9-7-11-15-13/h12,14H,5,7-11H2,1-3H3. The van der Waals surface area contributed by atoms with Crippen molar-refractivity contribution in [2.45, 2.75) is 57.2 Å². The van der Waals surface area contributed by atoms with E-state index in [1.807, 2.05) is 6.92 Å². The molecule has 1 N–H and O–H groups in total. The molecule has 1 rings (SSSR count). The van der Waals surface area contributed by atoms with E-state index in [-0.39, 0.29) is 0 Å². The van der Waals surface area contributed by atoms with Gasteiger partial charge in [0, 0.05) is 17.2 Å².